The number of carbonyl (C=O) groups excluding carboxylic acids is 2. The molecule has 23 heavy (non-hydrogen) atoms. The predicted octanol–water partition coefficient (Wildman–Crippen LogP) is 2.06. The largest absolute Gasteiger partial charge is 0.496 e. The average Bonchev–Trinajstić information content (AvgIpc) is 2.59. The van der Waals surface area contributed by atoms with Gasteiger partial charge in [0.25, 0.3) is 5.91 Å². The smallest absolute Gasteiger partial charge is 0.251 e. The van der Waals surface area contributed by atoms with Gasteiger partial charge in [-0.1, -0.05) is 30.3 Å². The number of nitrogens with two attached hydrogens (primary N) is 1. The van der Waals surface area contributed by atoms with Crippen molar-refractivity contribution in [1.82, 2.24) is 5.32 Å². The lowest BCUT2D eigenvalue weighted by Crippen LogP contribution is -2.19. The Balaban J connectivity index is 2.51. The second kappa shape index (κ2) is 7.45. The van der Waals surface area contributed by atoms with E-state index in [4.69, 9.17) is 10.5 Å². The lowest BCUT2D eigenvalue weighted by atomic mass is 9.87. The summed E-state index contributed by atoms with van der Waals surface area (Å²) < 4.78 is 5.40. The van der Waals surface area contributed by atoms with Crippen LogP contribution in [0.1, 0.15) is 33.8 Å². The van der Waals surface area contributed by atoms with Crippen molar-refractivity contribution in [2.24, 2.45) is 5.73 Å². The Morgan fingerprint density at radius 3 is 2.57 bits per heavy atom. The van der Waals surface area contributed by atoms with Crippen molar-refractivity contribution in [3.8, 4) is 5.75 Å². The summed E-state index contributed by atoms with van der Waals surface area (Å²) in [6.07, 6.45) is 0.136. The van der Waals surface area contributed by atoms with Crippen LogP contribution in [0.15, 0.2) is 48.5 Å². The molecule has 2 aromatic carbocycles. The molecule has 0 saturated carbocycles. The molecule has 0 aromatic heterocycles. The second-order valence-corrected chi connectivity index (χ2v) is 5.17. The average molecular weight is 312 g/mol. The molecule has 0 radical (unpaired) electrons. The van der Waals surface area contributed by atoms with Crippen LogP contribution in [0.3, 0.4) is 0 Å². The molecule has 0 aliphatic heterocycles. The van der Waals surface area contributed by atoms with Crippen LogP contribution in [-0.2, 0) is 4.79 Å². The summed E-state index contributed by atoms with van der Waals surface area (Å²) >= 11 is 0. The molecule has 0 heterocycles. The summed E-state index contributed by atoms with van der Waals surface area (Å²) in [7, 11) is 3.16. The molecule has 2 amide bonds. The number of nitrogens with one attached hydrogen (secondary N) is 1. The van der Waals surface area contributed by atoms with Gasteiger partial charge >= 0.3 is 0 Å². The van der Waals surface area contributed by atoms with Gasteiger partial charge in [0.15, 0.2) is 0 Å². The van der Waals surface area contributed by atoms with Gasteiger partial charge in [-0.2, -0.15) is 0 Å². The molecule has 0 aliphatic carbocycles. The molecule has 0 saturated heterocycles. The first-order valence-corrected chi connectivity index (χ1v) is 7.30. The Morgan fingerprint density at radius 1 is 1.17 bits per heavy atom. The zero-order chi connectivity index (χ0) is 16.8. The summed E-state index contributed by atoms with van der Waals surface area (Å²) in [6.45, 7) is 0. The minimum absolute atomic E-state index is 0.136. The van der Waals surface area contributed by atoms with Gasteiger partial charge in [0.1, 0.15) is 5.75 Å². The third-order valence-corrected chi connectivity index (χ3v) is 3.70. The maximum atomic E-state index is 11.8. The van der Waals surface area contributed by atoms with Gasteiger partial charge in [0.05, 0.1) is 7.11 Å². The monoisotopic (exact) mass is 312 g/mol. The number of hydrogen-bond donors (Lipinski definition) is 2. The molecule has 5 nitrogen and oxygen atoms in total. The molecule has 5 heteroatoms. The SMILES string of the molecule is CNC(=O)c1cccc(C(CC(N)=O)c2ccccc2OC)c1. The Bertz CT molecular complexity index is 713. The molecular formula is C18H20N2O3. The number of para-hydroxylation sites is 1. The zero-order valence-corrected chi connectivity index (χ0v) is 13.2. The van der Waals surface area contributed by atoms with E-state index in [-0.39, 0.29) is 18.2 Å². The van der Waals surface area contributed by atoms with Crippen molar-refractivity contribution < 1.29 is 14.3 Å². The fourth-order valence-corrected chi connectivity index (χ4v) is 2.60. The topological polar surface area (TPSA) is 81.4 Å². The molecular weight excluding hydrogens is 292 g/mol. The fraction of sp³-hybridized carbons (Fsp3) is 0.222. The lowest BCUT2D eigenvalue weighted by Gasteiger charge is -2.19. The molecule has 0 bridgehead atoms. The van der Waals surface area contributed by atoms with E-state index in [9.17, 15) is 9.59 Å². The summed E-state index contributed by atoms with van der Waals surface area (Å²) in [5.74, 6) is -0.173. The van der Waals surface area contributed by atoms with E-state index in [1.54, 1.807) is 32.4 Å². The number of methoxy groups -OCH3 is 1. The van der Waals surface area contributed by atoms with Crippen molar-refractivity contribution in [3.63, 3.8) is 0 Å². The highest BCUT2D eigenvalue weighted by Crippen LogP contribution is 2.34. The van der Waals surface area contributed by atoms with E-state index < -0.39 is 5.91 Å². The van der Waals surface area contributed by atoms with Crippen molar-refractivity contribution in [2.75, 3.05) is 14.2 Å². The first-order valence-electron chi connectivity index (χ1n) is 7.30. The van der Waals surface area contributed by atoms with Gasteiger partial charge in [-0.15, -0.1) is 0 Å². The zero-order valence-electron chi connectivity index (χ0n) is 13.2. The van der Waals surface area contributed by atoms with Gasteiger partial charge in [0.2, 0.25) is 5.91 Å². The van der Waals surface area contributed by atoms with Crippen molar-refractivity contribution in [2.45, 2.75) is 12.3 Å². The van der Waals surface area contributed by atoms with Crippen LogP contribution in [-0.4, -0.2) is 26.0 Å². The van der Waals surface area contributed by atoms with Gasteiger partial charge in [-0.25, -0.2) is 0 Å². The number of benzene rings is 2. The molecule has 2 rings (SSSR count). The predicted molar refractivity (Wildman–Crippen MR) is 88.5 cm³/mol. The number of rotatable bonds is 6. The molecule has 0 spiro atoms. The highest BCUT2D eigenvalue weighted by Gasteiger charge is 2.21. The first-order chi connectivity index (χ1) is 11.1. The van der Waals surface area contributed by atoms with E-state index in [1.807, 2.05) is 30.3 Å². The van der Waals surface area contributed by atoms with Crippen LogP contribution in [0.25, 0.3) is 0 Å². The van der Waals surface area contributed by atoms with Crippen LogP contribution in [0.4, 0.5) is 0 Å². The Morgan fingerprint density at radius 2 is 1.91 bits per heavy atom. The number of ether oxygens (including phenoxy) is 1. The van der Waals surface area contributed by atoms with Crippen molar-refractivity contribution in [3.05, 3.63) is 65.2 Å². The van der Waals surface area contributed by atoms with Crippen LogP contribution in [0, 0.1) is 0 Å². The van der Waals surface area contributed by atoms with E-state index in [0.717, 1.165) is 11.1 Å². The number of carbonyl (C=O) groups is 2. The maximum absolute atomic E-state index is 11.8. The molecule has 0 aliphatic rings. The number of primary amides is 1. The molecule has 2 aromatic rings. The molecule has 0 fully saturated rings. The first kappa shape index (κ1) is 16.5. The highest BCUT2D eigenvalue weighted by atomic mass is 16.5. The number of hydrogen-bond acceptors (Lipinski definition) is 3. The fourth-order valence-electron chi connectivity index (χ4n) is 2.60. The van der Waals surface area contributed by atoms with E-state index >= 15 is 0 Å². The van der Waals surface area contributed by atoms with Gasteiger partial charge in [-0.3, -0.25) is 9.59 Å². The van der Waals surface area contributed by atoms with Gasteiger partial charge in [-0.05, 0) is 23.8 Å². The normalized spacial score (nSPS) is 11.6. The summed E-state index contributed by atoms with van der Waals surface area (Å²) in [6, 6.07) is 14.7. The standard InChI is InChI=1S/C18H20N2O3/c1-20-18(22)13-7-5-6-12(10-13)15(11-17(19)21)14-8-3-4-9-16(14)23-2/h3-10,15H,11H2,1-2H3,(H2,19,21)(H,20,22). The number of amides is 2. The van der Waals surface area contributed by atoms with Crippen molar-refractivity contribution in [1.29, 1.82) is 0 Å². The molecule has 3 N–H and O–H groups in total. The minimum atomic E-state index is -0.411. The Labute approximate surface area is 135 Å². The second-order valence-electron chi connectivity index (χ2n) is 5.17. The van der Waals surface area contributed by atoms with Crippen LogP contribution in [0.2, 0.25) is 0 Å². The van der Waals surface area contributed by atoms with Crippen LogP contribution < -0.4 is 15.8 Å². The Kier molecular flexibility index (Phi) is 5.36. The summed E-state index contributed by atoms with van der Waals surface area (Å²) in [4.78, 5) is 23.4. The van der Waals surface area contributed by atoms with E-state index in [0.29, 0.717) is 11.3 Å². The summed E-state index contributed by atoms with van der Waals surface area (Å²) in [5.41, 5.74) is 7.67. The molecule has 120 valence electrons. The van der Waals surface area contributed by atoms with Gasteiger partial charge in [0, 0.05) is 30.5 Å². The van der Waals surface area contributed by atoms with E-state index in [2.05, 4.69) is 5.32 Å². The van der Waals surface area contributed by atoms with Crippen LogP contribution in [0.5, 0.6) is 5.75 Å². The third kappa shape index (κ3) is 3.88. The molecule has 1 unspecified atom stereocenters. The lowest BCUT2D eigenvalue weighted by molar-refractivity contribution is -0.118. The minimum Gasteiger partial charge on any atom is -0.496 e. The quantitative estimate of drug-likeness (QED) is 0.856. The molecule has 1 atom stereocenters. The third-order valence-electron chi connectivity index (χ3n) is 3.70. The highest BCUT2D eigenvalue weighted by molar-refractivity contribution is 5.94. The summed E-state index contributed by atoms with van der Waals surface area (Å²) in [5, 5.41) is 2.60. The maximum Gasteiger partial charge on any atom is 0.251 e. The van der Waals surface area contributed by atoms with Crippen LogP contribution >= 0.6 is 0 Å². The van der Waals surface area contributed by atoms with Gasteiger partial charge < -0.3 is 15.8 Å². The van der Waals surface area contributed by atoms with E-state index in [1.165, 1.54) is 0 Å². The van der Waals surface area contributed by atoms with Crippen molar-refractivity contribution >= 4 is 11.8 Å². The Hall–Kier alpha value is -2.82.